The topological polar surface area (TPSA) is 38.7 Å². The first-order valence-corrected chi connectivity index (χ1v) is 2.28. The summed E-state index contributed by atoms with van der Waals surface area (Å²) in [5.41, 5.74) is 0. The van der Waals surface area contributed by atoms with Crippen molar-refractivity contribution in [2.24, 2.45) is 4.99 Å². The Morgan fingerprint density at radius 1 is 1.88 bits per heavy atom. The molecule has 0 aliphatic rings. The van der Waals surface area contributed by atoms with Crippen LogP contribution in [0.4, 0.5) is 0 Å². The van der Waals surface area contributed by atoms with Crippen LogP contribution in [0, 0.1) is 0 Å². The Morgan fingerprint density at radius 3 is 2.88 bits per heavy atom. The van der Waals surface area contributed by atoms with Gasteiger partial charge in [0.1, 0.15) is 0 Å². The predicted octanol–water partition coefficient (Wildman–Crippen LogP) is 0.250. The van der Waals surface area contributed by atoms with Crippen molar-refractivity contribution < 1.29 is 9.53 Å². The molecule has 0 aliphatic heterocycles. The highest BCUT2D eigenvalue weighted by atomic mass is 16.5. The SMILES string of the molecule is C/N=C/CC(=O)OC. The van der Waals surface area contributed by atoms with Gasteiger partial charge in [-0.05, 0) is 0 Å². The fraction of sp³-hybridized carbons (Fsp3) is 0.600. The number of hydrogen-bond acceptors (Lipinski definition) is 3. The molecular weight excluding hydrogens is 106 g/mol. The van der Waals surface area contributed by atoms with Crippen LogP contribution < -0.4 is 0 Å². The molecule has 0 heterocycles. The smallest absolute Gasteiger partial charge is 0.310 e. The average Bonchev–Trinajstić information content (AvgIpc) is 1.83. The molecular formula is C5H9NO2. The maximum Gasteiger partial charge on any atom is 0.310 e. The molecule has 0 atom stereocenters. The number of ether oxygens (including phenoxy) is 1. The Labute approximate surface area is 48.4 Å². The van der Waals surface area contributed by atoms with Gasteiger partial charge >= 0.3 is 5.97 Å². The van der Waals surface area contributed by atoms with E-state index < -0.39 is 0 Å². The van der Waals surface area contributed by atoms with Crippen LogP contribution in [0.2, 0.25) is 0 Å². The van der Waals surface area contributed by atoms with Crippen molar-refractivity contribution in [1.29, 1.82) is 0 Å². The molecule has 0 saturated heterocycles. The molecule has 0 aromatic rings. The molecule has 0 saturated carbocycles. The van der Waals surface area contributed by atoms with Crippen molar-refractivity contribution in [3.8, 4) is 0 Å². The molecule has 0 aromatic carbocycles. The Balaban J connectivity index is 3.25. The van der Waals surface area contributed by atoms with Crippen LogP contribution in [0.1, 0.15) is 6.42 Å². The van der Waals surface area contributed by atoms with Gasteiger partial charge in [-0.25, -0.2) is 0 Å². The summed E-state index contributed by atoms with van der Waals surface area (Å²) in [6.45, 7) is 0. The van der Waals surface area contributed by atoms with Crippen LogP contribution in [0.15, 0.2) is 4.99 Å². The molecule has 3 heteroatoms. The fourth-order valence-electron chi connectivity index (χ4n) is 0.249. The van der Waals surface area contributed by atoms with Gasteiger partial charge in [0.15, 0.2) is 0 Å². The lowest BCUT2D eigenvalue weighted by atomic mass is 10.5. The summed E-state index contributed by atoms with van der Waals surface area (Å²) in [7, 11) is 2.97. The van der Waals surface area contributed by atoms with Crippen molar-refractivity contribution in [3.63, 3.8) is 0 Å². The van der Waals surface area contributed by atoms with Gasteiger partial charge in [0.2, 0.25) is 0 Å². The Hall–Kier alpha value is -0.860. The van der Waals surface area contributed by atoms with Gasteiger partial charge in [-0.2, -0.15) is 0 Å². The van der Waals surface area contributed by atoms with Crippen molar-refractivity contribution >= 4 is 12.2 Å². The largest absolute Gasteiger partial charge is 0.469 e. The standard InChI is InChI=1S/C5H9NO2/c1-6-4-3-5(7)8-2/h4H,3H2,1-2H3/b6-4+. The number of hydrogen-bond donors (Lipinski definition) is 0. The molecule has 0 spiro atoms. The number of esters is 1. The molecule has 0 aliphatic carbocycles. The second-order valence-corrected chi connectivity index (χ2v) is 1.22. The third-order valence-corrected chi connectivity index (χ3v) is 0.668. The fourth-order valence-corrected chi connectivity index (χ4v) is 0.249. The summed E-state index contributed by atoms with van der Waals surface area (Å²) < 4.78 is 4.32. The van der Waals surface area contributed by atoms with Gasteiger partial charge in [-0.15, -0.1) is 0 Å². The van der Waals surface area contributed by atoms with Crippen LogP contribution >= 0.6 is 0 Å². The first kappa shape index (κ1) is 7.14. The Bertz CT molecular complexity index is 98.6. The number of carbonyl (C=O) groups is 1. The Kier molecular flexibility index (Phi) is 3.84. The van der Waals surface area contributed by atoms with Crippen molar-refractivity contribution in [1.82, 2.24) is 0 Å². The molecule has 0 radical (unpaired) electrons. The number of rotatable bonds is 2. The molecule has 0 rings (SSSR count). The van der Waals surface area contributed by atoms with E-state index in [0.717, 1.165) is 0 Å². The van der Waals surface area contributed by atoms with Gasteiger partial charge in [0.05, 0.1) is 13.5 Å². The summed E-state index contributed by atoms with van der Waals surface area (Å²) in [6.07, 6.45) is 1.78. The minimum atomic E-state index is -0.254. The molecule has 0 aromatic heterocycles. The van der Waals surface area contributed by atoms with E-state index in [1.165, 1.54) is 13.3 Å². The summed E-state index contributed by atoms with van der Waals surface area (Å²) in [4.78, 5) is 13.9. The van der Waals surface area contributed by atoms with E-state index in [9.17, 15) is 4.79 Å². The van der Waals surface area contributed by atoms with E-state index in [1.54, 1.807) is 7.05 Å². The monoisotopic (exact) mass is 115 g/mol. The quantitative estimate of drug-likeness (QED) is 0.382. The zero-order chi connectivity index (χ0) is 6.41. The van der Waals surface area contributed by atoms with Crippen LogP contribution in [0.5, 0.6) is 0 Å². The van der Waals surface area contributed by atoms with Crippen LogP contribution in [-0.4, -0.2) is 26.3 Å². The first-order chi connectivity index (χ1) is 3.81. The lowest BCUT2D eigenvalue weighted by Gasteiger charge is -1.89. The van der Waals surface area contributed by atoms with E-state index in [0.29, 0.717) is 0 Å². The second-order valence-electron chi connectivity index (χ2n) is 1.22. The summed E-state index contributed by atoms with van der Waals surface area (Å²) in [6, 6.07) is 0. The Morgan fingerprint density at radius 2 is 2.50 bits per heavy atom. The van der Waals surface area contributed by atoms with Gasteiger partial charge in [0, 0.05) is 13.3 Å². The molecule has 0 N–H and O–H groups in total. The molecule has 46 valence electrons. The average molecular weight is 115 g/mol. The summed E-state index contributed by atoms with van der Waals surface area (Å²) >= 11 is 0. The lowest BCUT2D eigenvalue weighted by molar-refractivity contribution is -0.139. The lowest BCUT2D eigenvalue weighted by Crippen LogP contribution is -1.99. The normalized spacial score (nSPS) is 9.75. The number of aliphatic imine (C=N–C) groups is 1. The molecule has 3 nitrogen and oxygen atoms in total. The maximum absolute atomic E-state index is 10.3. The third kappa shape index (κ3) is 3.33. The van der Waals surface area contributed by atoms with Crippen LogP contribution in [0.3, 0.4) is 0 Å². The van der Waals surface area contributed by atoms with Crippen molar-refractivity contribution in [3.05, 3.63) is 0 Å². The van der Waals surface area contributed by atoms with E-state index in [-0.39, 0.29) is 12.4 Å². The van der Waals surface area contributed by atoms with Gasteiger partial charge in [0.25, 0.3) is 0 Å². The van der Waals surface area contributed by atoms with E-state index in [1.807, 2.05) is 0 Å². The zero-order valence-electron chi connectivity index (χ0n) is 5.05. The van der Waals surface area contributed by atoms with Gasteiger partial charge in [-0.3, -0.25) is 4.79 Å². The predicted molar refractivity (Wildman–Crippen MR) is 31.0 cm³/mol. The number of methoxy groups -OCH3 is 1. The van der Waals surface area contributed by atoms with Gasteiger partial charge < -0.3 is 9.73 Å². The molecule has 0 amide bonds. The summed E-state index contributed by atoms with van der Waals surface area (Å²) in [5.74, 6) is -0.254. The maximum atomic E-state index is 10.3. The minimum Gasteiger partial charge on any atom is -0.469 e. The first-order valence-electron chi connectivity index (χ1n) is 2.28. The third-order valence-electron chi connectivity index (χ3n) is 0.668. The molecule has 0 fully saturated rings. The van der Waals surface area contributed by atoms with E-state index in [2.05, 4.69) is 9.73 Å². The second kappa shape index (κ2) is 4.30. The van der Waals surface area contributed by atoms with Crippen molar-refractivity contribution in [2.45, 2.75) is 6.42 Å². The van der Waals surface area contributed by atoms with Gasteiger partial charge in [-0.1, -0.05) is 0 Å². The number of nitrogens with zero attached hydrogens (tertiary/aromatic N) is 1. The highest BCUT2D eigenvalue weighted by molar-refractivity contribution is 5.85. The minimum absolute atomic E-state index is 0.254. The molecule has 0 unspecified atom stereocenters. The van der Waals surface area contributed by atoms with E-state index >= 15 is 0 Å². The van der Waals surface area contributed by atoms with E-state index in [4.69, 9.17) is 0 Å². The highest BCUT2D eigenvalue weighted by Gasteiger charge is 1.92. The highest BCUT2D eigenvalue weighted by Crippen LogP contribution is 1.76. The van der Waals surface area contributed by atoms with Crippen LogP contribution in [-0.2, 0) is 9.53 Å². The molecule has 8 heavy (non-hydrogen) atoms. The number of carbonyl (C=O) groups excluding carboxylic acids is 1. The van der Waals surface area contributed by atoms with Crippen molar-refractivity contribution in [2.75, 3.05) is 14.2 Å². The zero-order valence-corrected chi connectivity index (χ0v) is 5.05. The molecule has 0 bridgehead atoms. The summed E-state index contributed by atoms with van der Waals surface area (Å²) in [5, 5.41) is 0. The van der Waals surface area contributed by atoms with Crippen LogP contribution in [0.25, 0.3) is 0 Å².